The lowest BCUT2D eigenvalue weighted by Crippen LogP contribution is -2.08. The number of aromatic nitrogens is 4. The van der Waals surface area contributed by atoms with Gasteiger partial charge in [0, 0.05) is 30.9 Å². The number of rotatable bonds is 6. The van der Waals surface area contributed by atoms with Crippen molar-refractivity contribution >= 4 is 17.4 Å². The van der Waals surface area contributed by atoms with Crippen molar-refractivity contribution < 1.29 is 4.74 Å². The first kappa shape index (κ1) is 14.1. The zero-order valence-corrected chi connectivity index (χ0v) is 12.9. The van der Waals surface area contributed by atoms with Gasteiger partial charge >= 0.3 is 6.01 Å². The van der Waals surface area contributed by atoms with Crippen molar-refractivity contribution in [3.8, 4) is 6.01 Å². The number of anilines is 1. The average molecular weight is 308 g/mol. The fraction of sp³-hybridized carbons (Fsp3) is 0.500. The number of nitrogens with one attached hydrogen (secondary N) is 1. The van der Waals surface area contributed by atoms with Crippen molar-refractivity contribution in [1.29, 1.82) is 0 Å². The maximum Gasteiger partial charge on any atom is 0.319 e. The number of nitrogens with zero attached hydrogens (tertiary/aromatic N) is 4. The summed E-state index contributed by atoms with van der Waals surface area (Å²) in [6, 6.07) is 0.339. The molecule has 2 aromatic rings. The lowest BCUT2D eigenvalue weighted by Gasteiger charge is -2.11. The Morgan fingerprint density at radius 1 is 1.43 bits per heavy atom. The molecular formula is C14H18ClN5O. The Morgan fingerprint density at radius 2 is 2.24 bits per heavy atom. The van der Waals surface area contributed by atoms with Crippen LogP contribution in [0, 0.1) is 12.8 Å². The summed E-state index contributed by atoms with van der Waals surface area (Å²) in [5.74, 6) is 1.35. The van der Waals surface area contributed by atoms with Gasteiger partial charge in [0.05, 0.1) is 12.8 Å². The van der Waals surface area contributed by atoms with Crippen LogP contribution in [-0.2, 0) is 13.6 Å². The highest BCUT2D eigenvalue weighted by Crippen LogP contribution is 2.30. The number of halogens is 1. The van der Waals surface area contributed by atoms with Crippen LogP contribution in [0.15, 0.2) is 12.4 Å². The van der Waals surface area contributed by atoms with E-state index in [1.165, 1.54) is 12.8 Å². The molecule has 3 rings (SSSR count). The minimum atomic E-state index is 0.339. The molecule has 0 amide bonds. The smallest absolute Gasteiger partial charge is 0.319 e. The molecule has 1 aliphatic rings. The highest BCUT2D eigenvalue weighted by Gasteiger charge is 2.22. The van der Waals surface area contributed by atoms with Gasteiger partial charge in [-0.05, 0) is 25.7 Å². The van der Waals surface area contributed by atoms with Gasteiger partial charge in [-0.2, -0.15) is 15.1 Å². The van der Waals surface area contributed by atoms with E-state index < -0.39 is 0 Å². The van der Waals surface area contributed by atoms with Gasteiger partial charge in [0.2, 0.25) is 0 Å². The normalized spacial score (nSPS) is 14.2. The summed E-state index contributed by atoms with van der Waals surface area (Å²) < 4.78 is 7.36. The van der Waals surface area contributed by atoms with Gasteiger partial charge in [-0.1, -0.05) is 11.6 Å². The van der Waals surface area contributed by atoms with Gasteiger partial charge in [-0.3, -0.25) is 4.68 Å². The molecule has 0 spiro atoms. The van der Waals surface area contributed by atoms with E-state index in [4.69, 9.17) is 16.3 Å². The van der Waals surface area contributed by atoms with Crippen molar-refractivity contribution in [2.75, 3.05) is 11.9 Å². The molecule has 7 heteroatoms. The maximum atomic E-state index is 6.15. The number of aryl methyl sites for hydroxylation is 1. The molecule has 0 aromatic carbocycles. The first-order valence-electron chi connectivity index (χ1n) is 7.00. The molecule has 2 heterocycles. The standard InChI is InChI=1S/C14H18ClN5O/c1-9-12(15)18-14(21-8-10-3-4-10)19-13(9)16-5-11-6-17-20(2)7-11/h6-7,10H,3-5,8H2,1-2H3,(H,16,18,19). The zero-order chi connectivity index (χ0) is 14.8. The van der Waals surface area contributed by atoms with Crippen molar-refractivity contribution in [1.82, 2.24) is 19.7 Å². The largest absolute Gasteiger partial charge is 0.463 e. The summed E-state index contributed by atoms with van der Waals surface area (Å²) in [5, 5.41) is 7.81. The molecule has 1 fully saturated rings. The topological polar surface area (TPSA) is 64.9 Å². The summed E-state index contributed by atoms with van der Waals surface area (Å²) in [5.41, 5.74) is 1.89. The van der Waals surface area contributed by atoms with Gasteiger partial charge in [0.1, 0.15) is 11.0 Å². The molecule has 112 valence electrons. The monoisotopic (exact) mass is 307 g/mol. The molecule has 0 unspecified atom stereocenters. The maximum absolute atomic E-state index is 6.15. The molecule has 1 aliphatic carbocycles. The van der Waals surface area contributed by atoms with E-state index in [1.54, 1.807) is 4.68 Å². The molecule has 0 saturated heterocycles. The Hall–Kier alpha value is -1.82. The van der Waals surface area contributed by atoms with E-state index in [-0.39, 0.29) is 0 Å². The first-order valence-corrected chi connectivity index (χ1v) is 7.38. The second-order valence-electron chi connectivity index (χ2n) is 5.40. The summed E-state index contributed by atoms with van der Waals surface area (Å²) in [6.07, 6.45) is 6.22. The lowest BCUT2D eigenvalue weighted by molar-refractivity contribution is 0.276. The average Bonchev–Trinajstić information content (AvgIpc) is 3.20. The van der Waals surface area contributed by atoms with Gasteiger partial charge in [0.25, 0.3) is 0 Å². The van der Waals surface area contributed by atoms with Crippen LogP contribution in [0.25, 0.3) is 0 Å². The van der Waals surface area contributed by atoms with E-state index in [0.29, 0.717) is 36.1 Å². The first-order chi connectivity index (χ1) is 10.1. The number of hydrogen-bond acceptors (Lipinski definition) is 5. The summed E-state index contributed by atoms with van der Waals surface area (Å²) in [4.78, 5) is 8.57. The SMILES string of the molecule is Cc1c(Cl)nc(OCC2CC2)nc1NCc1cnn(C)c1. The Morgan fingerprint density at radius 3 is 2.90 bits per heavy atom. The number of hydrogen-bond donors (Lipinski definition) is 1. The van der Waals surface area contributed by atoms with Crippen molar-refractivity contribution in [2.24, 2.45) is 13.0 Å². The van der Waals surface area contributed by atoms with Crippen LogP contribution in [0.4, 0.5) is 5.82 Å². The van der Waals surface area contributed by atoms with Crippen LogP contribution in [0.2, 0.25) is 5.15 Å². The van der Waals surface area contributed by atoms with Gasteiger partial charge in [0.15, 0.2) is 0 Å². The van der Waals surface area contributed by atoms with E-state index >= 15 is 0 Å². The van der Waals surface area contributed by atoms with Gasteiger partial charge in [-0.25, -0.2) is 0 Å². The predicted molar refractivity (Wildman–Crippen MR) is 80.5 cm³/mol. The van der Waals surface area contributed by atoms with Crippen LogP contribution in [0.3, 0.4) is 0 Å². The highest BCUT2D eigenvalue weighted by molar-refractivity contribution is 6.30. The minimum absolute atomic E-state index is 0.339. The Balaban J connectivity index is 1.69. The molecular weight excluding hydrogens is 290 g/mol. The van der Waals surface area contributed by atoms with E-state index in [1.807, 2.05) is 26.4 Å². The molecule has 1 saturated carbocycles. The third-order valence-corrected chi connectivity index (χ3v) is 3.80. The highest BCUT2D eigenvalue weighted by atomic mass is 35.5. The summed E-state index contributed by atoms with van der Waals surface area (Å²) in [6.45, 7) is 3.18. The van der Waals surface area contributed by atoms with Crippen LogP contribution in [0.5, 0.6) is 6.01 Å². The molecule has 0 atom stereocenters. The van der Waals surface area contributed by atoms with E-state index in [2.05, 4.69) is 20.4 Å². The molecule has 0 bridgehead atoms. The van der Waals surface area contributed by atoms with Crippen LogP contribution >= 0.6 is 11.6 Å². The quantitative estimate of drug-likeness (QED) is 0.831. The Kier molecular flexibility index (Phi) is 3.96. The summed E-state index contributed by atoms with van der Waals surface area (Å²) in [7, 11) is 1.89. The second-order valence-corrected chi connectivity index (χ2v) is 5.76. The molecule has 2 aromatic heterocycles. The molecule has 1 N–H and O–H groups in total. The molecule has 6 nitrogen and oxygen atoms in total. The fourth-order valence-electron chi connectivity index (χ4n) is 1.93. The zero-order valence-electron chi connectivity index (χ0n) is 12.1. The van der Waals surface area contributed by atoms with Crippen molar-refractivity contribution in [3.05, 3.63) is 28.7 Å². The Bertz CT molecular complexity index is 638. The Labute approximate surface area is 128 Å². The summed E-state index contributed by atoms with van der Waals surface area (Å²) >= 11 is 6.15. The third-order valence-electron chi connectivity index (χ3n) is 3.43. The van der Waals surface area contributed by atoms with Crippen LogP contribution in [0.1, 0.15) is 24.0 Å². The fourth-order valence-corrected chi connectivity index (χ4v) is 2.09. The third kappa shape index (κ3) is 3.64. The van der Waals surface area contributed by atoms with Crippen molar-refractivity contribution in [2.45, 2.75) is 26.3 Å². The second kappa shape index (κ2) is 5.89. The van der Waals surface area contributed by atoms with Gasteiger partial charge in [-0.15, -0.1) is 0 Å². The van der Waals surface area contributed by atoms with Crippen molar-refractivity contribution in [3.63, 3.8) is 0 Å². The molecule has 0 radical (unpaired) electrons. The predicted octanol–water partition coefficient (Wildman–Crippen LogP) is 2.57. The number of ether oxygens (including phenoxy) is 1. The van der Waals surface area contributed by atoms with Crippen LogP contribution < -0.4 is 10.1 Å². The van der Waals surface area contributed by atoms with E-state index in [9.17, 15) is 0 Å². The molecule has 0 aliphatic heterocycles. The molecule has 21 heavy (non-hydrogen) atoms. The van der Waals surface area contributed by atoms with Gasteiger partial charge < -0.3 is 10.1 Å². The minimum Gasteiger partial charge on any atom is -0.463 e. The van der Waals surface area contributed by atoms with Crippen LogP contribution in [-0.4, -0.2) is 26.4 Å². The lowest BCUT2D eigenvalue weighted by atomic mass is 10.3. The van der Waals surface area contributed by atoms with E-state index in [0.717, 1.165) is 11.1 Å².